The average molecular weight is 496 g/mol. The van der Waals surface area contributed by atoms with E-state index < -0.39 is 11.7 Å². The van der Waals surface area contributed by atoms with Gasteiger partial charge in [0.2, 0.25) is 0 Å². The third kappa shape index (κ3) is 10.2. The van der Waals surface area contributed by atoms with E-state index in [0.717, 1.165) is 12.5 Å². The minimum Gasteiger partial charge on any atom is -0.444 e. The summed E-state index contributed by atoms with van der Waals surface area (Å²) < 4.78 is 5.20. The van der Waals surface area contributed by atoms with E-state index in [2.05, 4.69) is 52.3 Å². The number of carbonyl (C=O) groups is 1. The molecule has 1 amide bonds. The molecule has 0 radical (unpaired) electrons. The van der Waals surface area contributed by atoms with E-state index in [0.29, 0.717) is 19.6 Å². The van der Waals surface area contributed by atoms with Crippen LogP contribution in [0.3, 0.4) is 0 Å². The largest absolute Gasteiger partial charge is 0.444 e. The first kappa shape index (κ1) is 25.0. The van der Waals surface area contributed by atoms with Gasteiger partial charge in [-0.3, -0.25) is 4.99 Å². The van der Waals surface area contributed by atoms with Gasteiger partial charge in [0, 0.05) is 29.9 Å². The maximum Gasteiger partial charge on any atom is 0.407 e. The molecule has 1 aromatic heterocycles. The summed E-state index contributed by atoms with van der Waals surface area (Å²) in [6.45, 7) is 14.4. The highest BCUT2D eigenvalue weighted by molar-refractivity contribution is 14.0. The zero-order valence-corrected chi connectivity index (χ0v) is 19.8. The lowest BCUT2D eigenvalue weighted by atomic mass is 9.92. The van der Waals surface area contributed by atoms with Gasteiger partial charge in [-0.2, -0.15) is 0 Å². The molecule has 0 aliphatic carbocycles. The van der Waals surface area contributed by atoms with Gasteiger partial charge in [-0.25, -0.2) is 4.79 Å². The standard InChI is InChI=1S/C18H32N4O2S.HI/c1-7-19-15(20-10-11-21-16(23)24-17(2,3)4)22-13-18(5,6)14-9-8-12-25-14;/h8-9,12H,7,10-11,13H2,1-6H3,(H,21,23)(H2,19,20,22);1H. The summed E-state index contributed by atoms with van der Waals surface area (Å²) in [4.78, 5) is 17.6. The Labute approximate surface area is 178 Å². The van der Waals surface area contributed by atoms with Crippen molar-refractivity contribution in [3.05, 3.63) is 22.4 Å². The predicted molar refractivity (Wildman–Crippen MR) is 121 cm³/mol. The van der Waals surface area contributed by atoms with Crippen LogP contribution in [0.25, 0.3) is 0 Å². The van der Waals surface area contributed by atoms with Gasteiger partial charge in [-0.15, -0.1) is 35.3 Å². The Morgan fingerprint density at radius 2 is 1.81 bits per heavy atom. The van der Waals surface area contributed by atoms with Crippen LogP contribution >= 0.6 is 35.3 Å². The SMILES string of the molecule is CCNC(=NCC(C)(C)c1cccs1)NCCNC(=O)OC(C)(C)C.I. The normalized spacial score (nSPS) is 12.2. The second-order valence-corrected chi connectivity index (χ2v) is 8.36. The number of hydrogen-bond donors (Lipinski definition) is 3. The topological polar surface area (TPSA) is 74.8 Å². The lowest BCUT2D eigenvalue weighted by molar-refractivity contribution is 0.0529. The van der Waals surface area contributed by atoms with Crippen LogP contribution in [0.2, 0.25) is 0 Å². The molecular formula is C18H33IN4O2S. The first-order valence-corrected chi connectivity index (χ1v) is 9.55. The smallest absolute Gasteiger partial charge is 0.407 e. The van der Waals surface area contributed by atoms with Crippen molar-refractivity contribution < 1.29 is 9.53 Å². The molecule has 0 aliphatic rings. The minimum atomic E-state index is -0.485. The molecule has 8 heteroatoms. The zero-order chi connectivity index (χ0) is 18.9. The molecule has 0 saturated carbocycles. The maximum atomic E-state index is 11.6. The molecular weight excluding hydrogens is 463 g/mol. The molecule has 0 aliphatic heterocycles. The molecule has 26 heavy (non-hydrogen) atoms. The number of alkyl carbamates (subject to hydrolysis) is 1. The van der Waals surface area contributed by atoms with Crippen LogP contribution in [0.1, 0.15) is 46.4 Å². The summed E-state index contributed by atoms with van der Waals surface area (Å²) in [5.74, 6) is 0.748. The summed E-state index contributed by atoms with van der Waals surface area (Å²) in [7, 11) is 0. The molecule has 1 heterocycles. The number of nitrogens with one attached hydrogen (secondary N) is 3. The molecule has 6 nitrogen and oxygen atoms in total. The van der Waals surface area contributed by atoms with E-state index in [1.807, 2.05) is 27.7 Å². The molecule has 1 aromatic rings. The number of thiophene rings is 1. The summed E-state index contributed by atoms with van der Waals surface area (Å²) in [5, 5.41) is 11.3. The maximum absolute atomic E-state index is 11.6. The quantitative estimate of drug-likeness (QED) is 0.233. The number of amides is 1. The van der Waals surface area contributed by atoms with Crippen LogP contribution in [-0.4, -0.2) is 43.8 Å². The van der Waals surface area contributed by atoms with Crippen LogP contribution in [0.5, 0.6) is 0 Å². The van der Waals surface area contributed by atoms with Gasteiger partial charge < -0.3 is 20.7 Å². The third-order valence-corrected chi connectivity index (χ3v) is 4.49. The Balaban J connectivity index is 0.00000625. The molecule has 150 valence electrons. The lowest BCUT2D eigenvalue weighted by Crippen LogP contribution is -2.43. The second-order valence-electron chi connectivity index (χ2n) is 7.41. The first-order chi connectivity index (χ1) is 11.6. The van der Waals surface area contributed by atoms with E-state index >= 15 is 0 Å². The molecule has 0 unspecified atom stereocenters. The van der Waals surface area contributed by atoms with Gasteiger partial charge in [0.25, 0.3) is 0 Å². The van der Waals surface area contributed by atoms with Crippen molar-refractivity contribution >= 4 is 47.4 Å². The zero-order valence-electron chi connectivity index (χ0n) is 16.6. The number of halogens is 1. The summed E-state index contributed by atoms with van der Waals surface area (Å²) in [5.41, 5.74) is -0.493. The molecule has 3 N–H and O–H groups in total. The number of guanidine groups is 1. The second kappa shape index (κ2) is 11.6. The number of hydrogen-bond acceptors (Lipinski definition) is 4. The highest BCUT2D eigenvalue weighted by Crippen LogP contribution is 2.27. The monoisotopic (exact) mass is 496 g/mol. The van der Waals surface area contributed by atoms with Crippen LogP contribution in [0, 0.1) is 0 Å². The van der Waals surface area contributed by atoms with Crippen molar-refractivity contribution in [2.45, 2.75) is 52.6 Å². The number of nitrogens with zero attached hydrogens (tertiary/aromatic N) is 1. The number of ether oxygens (including phenoxy) is 1. The summed E-state index contributed by atoms with van der Waals surface area (Å²) in [6, 6.07) is 4.21. The predicted octanol–water partition coefficient (Wildman–Crippen LogP) is 3.72. The molecule has 0 atom stereocenters. The number of rotatable bonds is 7. The number of aliphatic imine (C=N–C) groups is 1. The molecule has 0 spiro atoms. The van der Waals surface area contributed by atoms with E-state index in [1.165, 1.54) is 4.88 Å². The van der Waals surface area contributed by atoms with Gasteiger partial charge in [0.15, 0.2) is 5.96 Å². The van der Waals surface area contributed by atoms with Crippen LogP contribution < -0.4 is 16.0 Å². The highest BCUT2D eigenvalue weighted by atomic mass is 127. The fourth-order valence-electron chi connectivity index (χ4n) is 2.02. The Morgan fingerprint density at radius 1 is 1.15 bits per heavy atom. The highest BCUT2D eigenvalue weighted by Gasteiger charge is 2.21. The number of carbonyl (C=O) groups excluding carboxylic acids is 1. The van der Waals surface area contributed by atoms with Crippen molar-refractivity contribution in [3.63, 3.8) is 0 Å². The molecule has 0 saturated heterocycles. The Bertz CT molecular complexity index is 554. The molecule has 0 fully saturated rings. The van der Waals surface area contributed by atoms with E-state index in [4.69, 9.17) is 4.74 Å². The lowest BCUT2D eigenvalue weighted by Gasteiger charge is -2.22. The Morgan fingerprint density at radius 3 is 2.35 bits per heavy atom. The molecule has 0 bridgehead atoms. The van der Waals surface area contributed by atoms with Crippen molar-refractivity contribution in [1.82, 2.24) is 16.0 Å². The van der Waals surface area contributed by atoms with Crippen molar-refractivity contribution in [2.24, 2.45) is 4.99 Å². The van der Waals surface area contributed by atoms with Gasteiger partial charge in [0.1, 0.15) is 5.60 Å². The van der Waals surface area contributed by atoms with Crippen molar-refractivity contribution in [1.29, 1.82) is 0 Å². The van der Waals surface area contributed by atoms with Gasteiger partial charge in [-0.05, 0) is 39.1 Å². The molecule has 0 aromatic carbocycles. The van der Waals surface area contributed by atoms with E-state index in [1.54, 1.807) is 11.3 Å². The fourth-order valence-corrected chi connectivity index (χ4v) is 2.86. The van der Waals surface area contributed by atoms with Gasteiger partial charge >= 0.3 is 6.09 Å². The minimum absolute atomic E-state index is 0. The van der Waals surface area contributed by atoms with Crippen molar-refractivity contribution in [2.75, 3.05) is 26.2 Å². The van der Waals surface area contributed by atoms with Crippen LogP contribution in [-0.2, 0) is 10.2 Å². The van der Waals surface area contributed by atoms with E-state index in [-0.39, 0.29) is 29.4 Å². The first-order valence-electron chi connectivity index (χ1n) is 8.67. The van der Waals surface area contributed by atoms with Crippen LogP contribution in [0.15, 0.2) is 22.5 Å². The summed E-state index contributed by atoms with van der Waals surface area (Å²) in [6.07, 6.45) is -0.407. The van der Waals surface area contributed by atoms with Crippen LogP contribution in [0.4, 0.5) is 4.79 Å². The summed E-state index contributed by atoms with van der Waals surface area (Å²) >= 11 is 1.75. The van der Waals surface area contributed by atoms with Gasteiger partial charge in [0.05, 0.1) is 6.54 Å². The third-order valence-electron chi connectivity index (χ3n) is 3.25. The Hall–Kier alpha value is -1.03. The van der Waals surface area contributed by atoms with Gasteiger partial charge in [-0.1, -0.05) is 19.9 Å². The average Bonchev–Trinajstić information content (AvgIpc) is 3.02. The Kier molecular flexibility index (Phi) is 11.2. The fraction of sp³-hybridized carbons (Fsp3) is 0.667. The molecule has 1 rings (SSSR count). The van der Waals surface area contributed by atoms with Crippen molar-refractivity contribution in [3.8, 4) is 0 Å². The van der Waals surface area contributed by atoms with E-state index in [9.17, 15) is 4.79 Å².